The number of phenolic OH excluding ortho intramolecular Hbond substituents is 1. The lowest BCUT2D eigenvalue weighted by Crippen LogP contribution is -1.76. The van der Waals surface area contributed by atoms with Gasteiger partial charge in [0.05, 0.1) is 4.70 Å². The van der Waals surface area contributed by atoms with Gasteiger partial charge in [-0.1, -0.05) is 0 Å². The Labute approximate surface area is 90.2 Å². The van der Waals surface area contributed by atoms with Gasteiger partial charge >= 0.3 is 0 Å². The molecule has 0 fully saturated rings. The molecule has 0 unspecified atom stereocenters. The van der Waals surface area contributed by atoms with Gasteiger partial charge in [-0.2, -0.15) is 0 Å². The highest BCUT2D eigenvalue weighted by molar-refractivity contribution is 7.99. The van der Waals surface area contributed by atoms with Gasteiger partial charge in [-0.25, -0.2) is 0 Å². The lowest BCUT2D eigenvalue weighted by molar-refractivity contribution is 0.480. The Bertz CT molecular complexity index is 447. The maximum atomic E-state index is 9.66. The van der Waals surface area contributed by atoms with Crippen LogP contribution in [0.5, 0.6) is 5.75 Å². The summed E-state index contributed by atoms with van der Waals surface area (Å²) in [5.74, 6) is 0.354. The first-order valence-corrected chi connectivity index (χ1v) is 6.25. The molecule has 2 rings (SSSR count). The molecule has 0 bridgehead atoms. The zero-order valence-electron chi connectivity index (χ0n) is 6.94. The summed E-state index contributed by atoms with van der Waals surface area (Å²) in [4.78, 5) is 1.98. The molecule has 1 nitrogen and oxygen atoms in total. The molecular weight excluding hydrogens is 220 g/mol. The number of phenols is 1. The molecule has 68 valence electrons. The third-order valence-electron chi connectivity index (χ3n) is 1.87. The van der Waals surface area contributed by atoms with Gasteiger partial charge in [0, 0.05) is 15.2 Å². The molecule has 0 aliphatic carbocycles. The molecule has 0 amide bonds. The second-order valence-electron chi connectivity index (χ2n) is 2.61. The molecule has 0 saturated heterocycles. The van der Waals surface area contributed by atoms with Crippen molar-refractivity contribution in [3.63, 3.8) is 0 Å². The van der Waals surface area contributed by atoms with Crippen LogP contribution < -0.4 is 0 Å². The molecule has 0 saturated carbocycles. The molecule has 1 aromatic heterocycles. The molecule has 0 atom stereocenters. The van der Waals surface area contributed by atoms with Crippen LogP contribution in [-0.2, 0) is 0 Å². The Morgan fingerprint density at radius 3 is 3.00 bits per heavy atom. The number of benzene rings is 1. The first-order chi connectivity index (χ1) is 6.24. The van der Waals surface area contributed by atoms with E-state index in [1.807, 2.05) is 17.7 Å². The summed E-state index contributed by atoms with van der Waals surface area (Å²) in [5.41, 5.74) is 0. The lowest BCUT2D eigenvalue weighted by Gasteiger charge is -2.04. The molecule has 0 aliphatic heterocycles. The van der Waals surface area contributed by atoms with E-state index >= 15 is 0 Å². The Kier molecular flexibility index (Phi) is 2.45. The minimum absolute atomic E-state index is 0.354. The van der Waals surface area contributed by atoms with Crippen molar-refractivity contribution < 1.29 is 5.11 Å². The van der Waals surface area contributed by atoms with E-state index in [2.05, 4.69) is 12.6 Å². The van der Waals surface area contributed by atoms with Gasteiger partial charge in [0.15, 0.2) is 0 Å². The van der Waals surface area contributed by atoms with E-state index in [0.29, 0.717) is 5.75 Å². The summed E-state index contributed by atoms with van der Waals surface area (Å²) in [6.07, 6.45) is 1.98. The van der Waals surface area contributed by atoms with Crippen molar-refractivity contribution in [1.82, 2.24) is 0 Å². The van der Waals surface area contributed by atoms with Crippen molar-refractivity contribution in [3.05, 3.63) is 17.5 Å². The summed E-state index contributed by atoms with van der Waals surface area (Å²) in [6, 6.07) is 3.76. The number of thiophene rings is 1. The zero-order chi connectivity index (χ0) is 9.42. The van der Waals surface area contributed by atoms with E-state index < -0.39 is 0 Å². The van der Waals surface area contributed by atoms with Gasteiger partial charge < -0.3 is 5.11 Å². The molecule has 1 N–H and O–H groups in total. The van der Waals surface area contributed by atoms with Gasteiger partial charge in [0.25, 0.3) is 0 Å². The number of rotatable bonds is 1. The Morgan fingerprint density at radius 2 is 2.31 bits per heavy atom. The number of aromatic hydroxyl groups is 1. The maximum Gasteiger partial charge on any atom is 0.134 e. The fraction of sp³-hybridized carbons (Fsp3) is 0.111. The standard InChI is InChI=1S/C9H8OS3/c1-12-7-4-6(10)9-5(8(7)11)2-3-13-9/h2-4,10-11H,1H3. The molecular formula is C9H8OS3. The van der Waals surface area contributed by atoms with Gasteiger partial charge in [-0.05, 0) is 23.8 Å². The van der Waals surface area contributed by atoms with Gasteiger partial charge in [-0.3, -0.25) is 0 Å². The van der Waals surface area contributed by atoms with Crippen LogP contribution in [0.3, 0.4) is 0 Å². The highest BCUT2D eigenvalue weighted by Gasteiger charge is 2.09. The minimum Gasteiger partial charge on any atom is -0.506 e. The van der Waals surface area contributed by atoms with E-state index in [9.17, 15) is 5.11 Å². The highest BCUT2D eigenvalue weighted by atomic mass is 32.2. The summed E-state index contributed by atoms with van der Waals surface area (Å²) < 4.78 is 0.919. The summed E-state index contributed by atoms with van der Waals surface area (Å²) in [7, 11) is 0. The predicted molar refractivity (Wildman–Crippen MR) is 62.5 cm³/mol. The van der Waals surface area contributed by atoms with E-state index in [-0.39, 0.29) is 0 Å². The molecule has 13 heavy (non-hydrogen) atoms. The average Bonchev–Trinajstić information content (AvgIpc) is 2.60. The van der Waals surface area contributed by atoms with Crippen LogP contribution in [0.2, 0.25) is 0 Å². The number of thiol groups is 1. The van der Waals surface area contributed by atoms with Crippen LogP contribution in [0, 0.1) is 0 Å². The van der Waals surface area contributed by atoms with E-state index in [0.717, 1.165) is 19.9 Å². The summed E-state index contributed by atoms with van der Waals surface area (Å²) in [6.45, 7) is 0. The first kappa shape index (κ1) is 9.24. The first-order valence-electron chi connectivity index (χ1n) is 3.70. The SMILES string of the molecule is CSc1cc(O)c2sccc2c1S. The van der Waals surface area contributed by atoms with Crippen LogP contribution >= 0.6 is 35.7 Å². The number of thioether (sulfide) groups is 1. The van der Waals surface area contributed by atoms with Crippen LogP contribution in [0.25, 0.3) is 10.1 Å². The normalized spacial score (nSPS) is 10.9. The van der Waals surface area contributed by atoms with E-state index in [4.69, 9.17) is 0 Å². The zero-order valence-corrected chi connectivity index (χ0v) is 9.47. The molecule has 0 spiro atoms. The Hall–Kier alpha value is -0.320. The Balaban J connectivity index is 2.85. The van der Waals surface area contributed by atoms with E-state index in [1.165, 1.54) is 11.3 Å². The summed E-state index contributed by atoms with van der Waals surface area (Å²) >= 11 is 7.57. The molecule has 0 radical (unpaired) electrons. The van der Waals surface area contributed by atoms with Crippen LogP contribution in [-0.4, -0.2) is 11.4 Å². The molecule has 4 heteroatoms. The van der Waals surface area contributed by atoms with Gasteiger partial charge in [0.1, 0.15) is 5.75 Å². The van der Waals surface area contributed by atoms with Gasteiger partial charge in [-0.15, -0.1) is 35.7 Å². The van der Waals surface area contributed by atoms with Crippen molar-refractivity contribution in [2.24, 2.45) is 0 Å². The van der Waals surface area contributed by atoms with Crippen molar-refractivity contribution in [3.8, 4) is 5.75 Å². The topological polar surface area (TPSA) is 20.2 Å². The number of hydrogen-bond acceptors (Lipinski definition) is 4. The van der Waals surface area contributed by atoms with Crippen molar-refractivity contribution in [2.45, 2.75) is 9.79 Å². The smallest absolute Gasteiger partial charge is 0.134 e. The van der Waals surface area contributed by atoms with Crippen molar-refractivity contribution in [2.75, 3.05) is 6.26 Å². The quantitative estimate of drug-likeness (QED) is 0.574. The highest BCUT2D eigenvalue weighted by Crippen LogP contribution is 2.39. The minimum atomic E-state index is 0.354. The van der Waals surface area contributed by atoms with Gasteiger partial charge in [0.2, 0.25) is 0 Å². The third kappa shape index (κ3) is 1.43. The number of hydrogen-bond donors (Lipinski definition) is 2. The molecule has 1 heterocycles. The molecule has 0 aliphatic rings. The number of fused-ring (bicyclic) bond motifs is 1. The fourth-order valence-corrected chi connectivity index (χ4v) is 3.19. The van der Waals surface area contributed by atoms with Crippen LogP contribution in [0.15, 0.2) is 27.3 Å². The second kappa shape index (κ2) is 3.44. The Morgan fingerprint density at radius 1 is 1.54 bits per heavy atom. The second-order valence-corrected chi connectivity index (χ2v) is 4.82. The van der Waals surface area contributed by atoms with Crippen molar-refractivity contribution in [1.29, 1.82) is 0 Å². The third-order valence-corrected chi connectivity index (χ3v) is 4.21. The van der Waals surface area contributed by atoms with Crippen molar-refractivity contribution >= 4 is 45.8 Å². The predicted octanol–water partition coefficient (Wildman–Crippen LogP) is 3.62. The van der Waals surface area contributed by atoms with E-state index in [1.54, 1.807) is 17.8 Å². The molecule has 2 aromatic rings. The maximum absolute atomic E-state index is 9.66. The average molecular weight is 228 g/mol. The molecule has 1 aromatic carbocycles. The van der Waals surface area contributed by atoms with Crippen LogP contribution in [0.4, 0.5) is 0 Å². The lowest BCUT2D eigenvalue weighted by atomic mass is 10.2. The fourth-order valence-electron chi connectivity index (χ4n) is 1.24. The van der Waals surface area contributed by atoms with Crippen LogP contribution in [0.1, 0.15) is 0 Å². The monoisotopic (exact) mass is 228 g/mol. The largest absolute Gasteiger partial charge is 0.506 e. The summed E-state index contributed by atoms with van der Waals surface area (Å²) in [5, 5.41) is 12.7.